The van der Waals surface area contributed by atoms with E-state index < -0.39 is 12.1 Å². The van der Waals surface area contributed by atoms with Gasteiger partial charge in [-0.15, -0.1) is 0 Å². The summed E-state index contributed by atoms with van der Waals surface area (Å²) in [5.74, 6) is -0.141. The molecule has 0 aromatic heterocycles. The normalized spacial score (nSPS) is 13.1. The predicted molar refractivity (Wildman–Crippen MR) is 255 cm³/mol. The van der Waals surface area contributed by atoms with E-state index in [-0.39, 0.29) is 18.5 Å². The highest BCUT2D eigenvalue weighted by Gasteiger charge is 2.18. The molecule has 0 bridgehead atoms. The van der Waals surface area contributed by atoms with Crippen LogP contribution in [0.25, 0.3) is 0 Å². The minimum absolute atomic E-state index is 0.0414. The first-order valence-corrected chi connectivity index (χ1v) is 25.4. The fourth-order valence-electron chi connectivity index (χ4n) is 7.36. The Bertz CT molecular complexity index is 1000. The average molecular weight is 828 g/mol. The Kier molecular flexibility index (Phi) is 46.7. The third-order valence-electron chi connectivity index (χ3n) is 11.3. The number of aliphatic hydroxyl groups excluding tert-OH is 2. The maximum Gasteiger partial charge on any atom is 0.305 e. The Hall–Kier alpha value is -2.18. The minimum Gasteiger partial charge on any atom is -0.466 e. The van der Waals surface area contributed by atoms with Gasteiger partial charge in [-0.1, -0.05) is 197 Å². The first-order valence-electron chi connectivity index (χ1n) is 25.4. The van der Waals surface area contributed by atoms with Crippen LogP contribution in [0.3, 0.4) is 0 Å². The molecule has 0 aromatic rings. The van der Waals surface area contributed by atoms with Crippen LogP contribution in [0.15, 0.2) is 48.6 Å². The third kappa shape index (κ3) is 45.2. The highest BCUT2D eigenvalue weighted by molar-refractivity contribution is 5.76. The smallest absolute Gasteiger partial charge is 0.305 e. The number of amides is 1. The largest absolute Gasteiger partial charge is 0.466 e. The number of unbranched alkanes of at least 4 members (excludes halogenated alkanes) is 29. The summed E-state index contributed by atoms with van der Waals surface area (Å²) < 4.78 is 5.44. The molecular weight excluding hydrogens is 731 g/mol. The van der Waals surface area contributed by atoms with Crippen molar-refractivity contribution >= 4 is 11.9 Å². The Labute approximate surface area is 366 Å². The van der Waals surface area contributed by atoms with Gasteiger partial charge in [-0.3, -0.25) is 9.59 Å². The molecule has 6 nitrogen and oxygen atoms in total. The Morgan fingerprint density at radius 3 is 1.32 bits per heavy atom. The van der Waals surface area contributed by atoms with Crippen molar-refractivity contribution in [2.24, 2.45) is 0 Å². The highest BCUT2D eigenvalue weighted by atomic mass is 16.5. The Balaban J connectivity index is 3.55. The third-order valence-corrected chi connectivity index (χ3v) is 11.3. The highest BCUT2D eigenvalue weighted by Crippen LogP contribution is 2.14. The first-order chi connectivity index (χ1) is 29.0. The van der Waals surface area contributed by atoms with Crippen molar-refractivity contribution in [2.45, 2.75) is 264 Å². The average Bonchev–Trinajstić information content (AvgIpc) is 3.24. The molecule has 0 saturated heterocycles. The lowest BCUT2D eigenvalue weighted by molar-refractivity contribution is -0.143. The van der Waals surface area contributed by atoms with Crippen LogP contribution in [0.1, 0.15) is 251 Å². The molecule has 0 aromatic carbocycles. The molecule has 0 aliphatic heterocycles. The van der Waals surface area contributed by atoms with E-state index in [0.29, 0.717) is 19.4 Å². The van der Waals surface area contributed by atoms with Crippen molar-refractivity contribution < 1.29 is 24.5 Å². The number of aliphatic hydroxyl groups is 2. The maximum absolute atomic E-state index is 12.4. The van der Waals surface area contributed by atoms with E-state index in [1.165, 1.54) is 135 Å². The lowest BCUT2D eigenvalue weighted by Gasteiger charge is -2.20. The Morgan fingerprint density at radius 2 is 0.847 bits per heavy atom. The van der Waals surface area contributed by atoms with Gasteiger partial charge in [0.1, 0.15) is 0 Å². The molecule has 0 aliphatic carbocycles. The van der Waals surface area contributed by atoms with E-state index in [9.17, 15) is 19.8 Å². The zero-order valence-electron chi connectivity index (χ0n) is 39.0. The minimum atomic E-state index is -0.863. The number of hydrogen-bond donors (Lipinski definition) is 3. The van der Waals surface area contributed by atoms with Crippen LogP contribution in [0.5, 0.6) is 0 Å². The number of esters is 1. The molecule has 0 radical (unpaired) electrons. The molecule has 344 valence electrons. The van der Waals surface area contributed by atoms with Gasteiger partial charge in [0.05, 0.1) is 25.4 Å². The van der Waals surface area contributed by atoms with E-state index in [0.717, 1.165) is 89.9 Å². The molecule has 3 N–H and O–H groups in total. The van der Waals surface area contributed by atoms with Gasteiger partial charge in [-0.05, 0) is 89.9 Å². The first kappa shape index (κ1) is 56.8. The summed E-state index contributed by atoms with van der Waals surface area (Å²) in [6.07, 6.45) is 59.6. The lowest BCUT2D eigenvalue weighted by atomic mass is 10.0. The molecule has 0 rings (SSSR count). The number of allylic oxidation sites excluding steroid dienone is 7. The quantitative estimate of drug-likeness (QED) is 0.0323. The molecule has 0 heterocycles. The van der Waals surface area contributed by atoms with E-state index in [1.807, 2.05) is 6.08 Å². The van der Waals surface area contributed by atoms with Crippen LogP contribution in [0.2, 0.25) is 0 Å². The van der Waals surface area contributed by atoms with Gasteiger partial charge < -0.3 is 20.3 Å². The zero-order chi connectivity index (χ0) is 43.0. The molecule has 0 aliphatic rings. The second-order valence-corrected chi connectivity index (χ2v) is 17.1. The molecule has 59 heavy (non-hydrogen) atoms. The van der Waals surface area contributed by atoms with Gasteiger partial charge in [0.2, 0.25) is 5.91 Å². The lowest BCUT2D eigenvalue weighted by Crippen LogP contribution is -2.45. The monoisotopic (exact) mass is 828 g/mol. The van der Waals surface area contributed by atoms with Crippen LogP contribution in [-0.4, -0.2) is 47.4 Å². The van der Waals surface area contributed by atoms with Gasteiger partial charge in [0.15, 0.2) is 0 Å². The van der Waals surface area contributed by atoms with Crippen LogP contribution in [0, 0.1) is 0 Å². The van der Waals surface area contributed by atoms with E-state index >= 15 is 0 Å². The molecule has 0 fully saturated rings. The van der Waals surface area contributed by atoms with Gasteiger partial charge in [0.25, 0.3) is 0 Å². The molecule has 6 heteroatoms. The van der Waals surface area contributed by atoms with Gasteiger partial charge in [0, 0.05) is 12.8 Å². The second-order valence-electron chi connectivity index (χ2n) is 17.1. The predicted octanol–water partition coefficient (Wildman–Crippen LogP) is 15.1. The summed E-state index contributed by atoms with van der Waals surface area (Å²) in [6, 6.07) is -0.649. The summed E-state index contributed by atoms with van der Waals surface area (Å²) in [4.78, 5) is 24.4. The summed E-state index contributed by atoms with van der Waals surface area (Å²) in [6.45, 7) is 4.79. The van der Waals surface area contributed by atoms with Crippen molar-refractivity contribution in [2.75, 3.05) is 13.2 Å². The topological polar surface area (TPSA) is 95.9 Å². The van der Waals surface area contributed by atoms with Gasteiger partial charge in [-0.25, -0.2) is 0 Å². The Morgan fingerprint density at radius 1 is 0.475 bits per heavy atom. The fourth-order valence-corrected chi connectivity index (χ4v) is 7.36. The van der Waals surface area contributed by atoms with Crippen LogP contribution < -0.4 is 5.32 Å². The fraction of sp³-hybridized carbons (Fsp3) is 0.811. The standard InChI is InChI=1S/C53H97NO5/c1-3-5-7-9-11-13-15-17-18-19-20-21-23-27-31-35-39-43-47-53(58)59-48-44-40-36-32-28-24-26-30-34-38-42-46-52(57)54-50(49-55)51(56)45-41-37-33-29-25-22-16-14-12-10-8-6-4-2/h13,15,18-19,28,32,41,45,50-51,55-56H,3-12,14,16-17,20-27,29-31,33-40,42-44,46-49H2,1-2H3,(H,54,57)/b15-13-,19-18-,32-28-,45-41+. The van der Waals surface area contributed by atoms with Crippen molar-refractivity contribution in [3.63, 3.8) is 0 Å². The summed E-state index contributed by atoms with van der Waals surface area (Å²) in [5, 5.41) is 23.0. The van der Waals surface area contributed by atoms with Crippen molar-refractivity contribution in [1.29, 1.82) is 0 Å². The van der Waals surface area contributed by atoms with Crippen LogP contribution in [-0.2, 0) is 14.3 Å². The van der Waals surface area contributed by atoms with Crippen LogP contribution in [0.4, 0.5) is 0 Å². The summed E-state index contributed by atoms with van der Waals surface area (Å²) >= 11 is 0. The van der Waals surface area contributed by atoms with Gasteiger partial charge in [-0.2, -0.15) is 0 Å². The van der Waals surface area contributed by atoms with E-state index in [1.54, 1.807) is 6.08 Å². The van der Waals surface area contributed by atoms with Gasteiger partial charge >= 0.3 is 5.97 Å². The molecule has 0 saturated carbocycles. The molecule has 0 spiro atoms. The maximum atomic E-state index is 12.4. The number of nitrogens with one attached hydrogen (secondary N) is 1. The molecular formula is C53H97NO5. The van der Waals surface area contributed by atoms with E-state index in [2.05, 4.69) is 55.6 Å². The number of rotatable bonds is 46. The molecule has 1 amide bonds. The number of ether oxygens (including phenoxy) is 1. The summed E-state index contributed by atoms with van der Waals surface area (Å²) in [5.41, 5.74) is 0. The molecule has 2 unspecified atom stereocenters. The molecule has 2 atom stereocenters. The van der Waals surface area contributed by atoms with Crippen molar-refractivity contribution in [1.82, 2.24) is 5.32 Å². The second kappa shape index (κ2) is 48.5. The van der Waals surface area contributed by atoms with E-state index in [4.69, 9.17) is 4.74 Å². The SMILES string of the molecule is CCCCCC/C=C\C/C=C\CCCCCCCCCC(=O)OCCCC/C=C\CCCCCCCC(=O)NC(CO)C(O)/C=C/CCCCCCCCCCCCC. The number of hydrogen-bond acceptors (Lipinski definition) is 5. The van der Waals surface area contributed by atoms with Crippen molar-refractivity contribution in [3.8, 4) is 0 Å². The number of carbonyl (C=O) groups is 2. The summed E-state index contributed by atoms with van der Waals surface area (Å²) in [7, 11) is 0. The zero-order valence-corrected chi connectivity index (χ0v) is 39.0. The van der Waals surface area contributed by atoms with Crippen LogP contribution >= 0.6 is 0 Å². The van der Waals surface area contributed by atoms with Crippen molar-refractivity contribution in [3.05, 3.63) is 48.6 Å². The number of carbonyl (C=O) groups excluding carboxylic acids is 2.